The molecule has 5 heteroatoms. The van der Waals surface area contributed by atoms with Crippen LogP contribution in [0.1, 0.15) is 213 Å². The number of carbonyl (C=O) groups is 1. The Hall–Kier alpha value is -0.910. The first-order valence-corrected chi connectivity index (χ1v) is 20.0. The van der Waals surface area contributed by atoms with Gasteiger partial charge in [0.25, 0.3) is 0 Å². The summed E-state index contributed by atoms with van der Waals surface area (Å²) >= 11 is 0. The Morgan fingerprint density at radius 2 is 0.889 bits per heavy atom. The molecule has 0 aromatic carbocycles. The van der Waals surface area contributed by atoms with Crippen LogP contribution in [-0.2, 0) is 4.79 Å². The standard InChI is InChI=1S/C40H79NO4/c1-3-5-7-9-11-13-15-16-17-18-19-20-21-22-23-25-27-29-31-33-35-39(44)41-37(36-42)40(45)38(43)34-32-30-28-26-24-14-12-10-8-6-4-2/h26,28,37-38,40,42-43,45H,3-25,27,29-36H2,1-2H3,(H,41,44)/b28-26+. The highest BCUT2D eigenvalue weighted by Crippen LogP contribution is 2.16. The minimum atomic E-state index is -1.15. The molecular formula is C40H79NO4. The molecule has 0 rings (SSSR count). The molecular weight excluding hydrogens is 558 g/mol. The third-order valence-corrected chi connectivity index (χ3v) is 9.37. The molecule has 0 aromatic heterocycles. The Morgan fingerprint density at radius 1 is 0.533 bits per heavy atom. The van der Waals surface area contributed by atoms with E-state index in [1.165, 1.54) is 148 Å². The van der Waals surface area contributed by atoms with Crippen LogP contribution in [0, 0.1) is 0 Å². The normalized spacial score (nSPS) is 13.8. The van der Waals surface area contributed by atoms with Crippen molar-refractivity contribution in [3.8, 4) is 0 Å². The minimum absolute atomic E-state index is 0.152. The lowest BCUT2D eigenvalue weighted by molar-refractivity contribution is -0.124. The average molecular weight is 638 g/mol. The van der Waals surface area contributed by atoms with Gasteiger partial charge in [-0.15, -0.1) is 0 Å². The third-order valence-electron chi connectivity index (χ3n) is 9.37. The molecule has 0 aliphatic heterocycles. The summed E-state index contributed by atoms with van der Waals surface area (Å²) in [4.78, 5) is 12.4. The number of aliphatic hydroxyl groups is 3. The van der Waals surface area contributed by atoms with Crippen LogP contribution in [0.3, 0.4) is 0 Å². The SMILES string of the molecule is CCCCCCCC/C=C/CCCC(O)C(O)C(CO)NC(=O)CCCCCCCCCCCCCCCCCCCCCC. The fourth-order valence-electron chi connectivity index (χ4n) is 6.22. The van der Waals surface area contributed by atoms with Crippen molar-refractivity contribution in [2.75, 3.05) is 6.61 Å². The van der Waals surface area contributed by atoms with E-state index in [1.807, 2.05) is 0 Å². The summed E-state index contributed by atoms with van der Waals surface area (Å²) < 4.78 is 0. The monoisotopic (exact) mass is 638 g/mol. The molecule has 0 saturated heterocycles. The van der Waals surface area contributed by atoms with E-state index in [4.69, 9.17) is 0 Å². The van der Waals surface area contributed by atoms with Crippen molar-refractivity contribution in [1.82, 2.24) is 5.32 Å². The lowest BCUT2D eigenvalue weighted by Crippen LogP contribution is -2.50. The van der Waals surface area contributed by atoms with Crippen LogP contribution in [0.4, 0.5) is 0 Å². The van der Waals surface area contributed by atoms with Gasteiger partial charge in [0.05, 0.1) is 18.8 Å². The zero-order valence-corrected chi connectivity index (χ0v) is 30.3. The zero-order chi connectivity index (χ0) is 33.1. The number of carbonyl (C=O) groups excluding carboxylic acids is 1. The maximum absolute atomic E-state index is 12.4. The maximum Gasteiger partial charge on any atom is 0.220 e. The van der Waals surface area contributed by atoms with E-state index in [-0.39, 0.29) is 12.5 Å². The minimum Gasteiger partial charge on any atom is -0.394 e. The molecule has 1 amide bonds. The van der Waals surface area contributed by atoms with Gasteiger partial charge in [0.2, 0.25) is 5.91 Å². The highest BCUT2D eigenvalue weighted by molar-refractivity contribution is 5.76. The van der Waals surface area contributed by atoms with E-state index >= 15 is 0 Å². The van der Waals surface area contributed by atoms with Gasteiger partial charge in [-0.05, 0) is 38.5 Å². The van der Waals surface area contributed by atoms with E-state index in [0.29, 0.717) is 12.8 Å². The van der Waals surface area contributed by atoms with Crippen LogP contribution >= 0.6 is 0 Å². The Balaban J connectivity index is 3.62. The summed E-state index contributed by atoms with van der Waals surface area (Å²) in [6.07, 6.45) is 40.3. The number of amides is 1. The molecule has 0 saturated carbocycles. The maximum atomic E-state index is 12.4. The van der Waals surface area contributed by atoms with Gasteiger partial charge in [0.15, 0.2) is 0 Å². The molecule has 268 valence electrons. The molecule has 0 heterocycles. The van der Waals surface area contributed by atoms with Gasteiger partial charge in [0, 0.05) is 6.42 Å². The number of hydrogen-bond acceptors (Lipinski definition) is 4. The summed E-state index contributed by atoms with van der Waals surface area (Å²) in [5.41, 5.74) is 0. The molecule has 3 atom stereocenters. The van der Waals surface area contributed by atoms with Crippen molar-refractivity contribution in [2.24, 2.45) is 0 Å². The van der Waals surface area contributed by atoms with E-state index in [9.17, 15) is 20.1 Å². The van der Waals surface area contributed by atoms with Gasteiger partial charge >= 0.3 is 0 Å². The summed E-state index contributed by atoms with van der Waals surface area (Å²) in [5.74, 6) is -0.152. The molecule has 0 radical (unpaired) electrons. The van der Waals surface area contributed by atoms with Gasteiger partial charge in [0.1, 0.15) is 6.10 Å². The molecule has 45 heavy (non-hydrogen) atoms. The Morgan fingerprint density at radius 3 is 1.29 bits per heavy atom. The summed E-state index contributed by atoms with van der Waals surface area (Å²) in [6.45, 7) is 4.15. The number of unbranched alkanes of at least 4 members (excludes halogenated alkanes) is 26. The molecule has 0 fully saturated rings. The quantitative estimate of drug-likeness (QED) is 0.0406. The molecule has 5 nitrogen and oxygen atoms in total. The second-order valence-electron chi connectivity index (χ2n) is 13.8. The van der Waals surface area contributed by atoms with Crippen LogP contribution in [0.5, 0.6) is 0 Å². The van der Waals surface area contributed by atoms with Gasteiger partial charge in [-0.2, -0.15) is 0 Å². The number of nitrogens with one attached hydrogen (secondary N) is 1. The van der Waals surface area contributed by atoms with E-state index in [0.717, 1.165) is 38.5 Å². The second-order valence-corrected chi connectivity index (χ2v) is 13.8. The predicted octanol–water partition coefficient (Wildman–Crippen LogP) is 10.9. The number of hydrogen-bond donors (Lipinski definition) is 4. The molecule has 0 aromatic rings. The summed E-state index contributed by atoms with van der Waals surface area (Å²) in [7, 11) is 0. The number of rotatable bonds is 36. The number of aliphatic hydroxyl groups excluding tert-OH is 3. The van der Waals surface area contributed by atoms with Crippen molar-refractivity contribution in [2.45, 2.75) is 231 Å². The number of allylic oxidation sites excluding steroid dienone is 2. The Kier molecular flexibility index (Phi) is 35.2. The largest absolute Gasteiger partial charge is 0.394 e. The van der Waals surface area contributed by atoms with Gasteiger partial charge in [-0.3, -0.25) is 4.79 Å². The molecule has 0 spiro atoms. The summed E-state index contributed by atoms with van der Waals surface area (Å²) in [5, 5.41) is 33.3. The second kappa shape index (κ2) is 35.9. The van der Waals surface area contributed by atoms with Crippen LogP contribution in [0.15, 0.2) is 12.2 Å². The van der Waals surface area contributed by atoms with Crippen molar-refractivity contribution >= 4 is 5.91 Å². The van der Waals surface area contributed by atoms with E-state index in [2.05, 4.69) is 31.3 Å². The molecule has 3 unspecified atom stereocenters. The van der Waals surface area contributed by atoms with Crippen LogP contribution in [-0.4, -0.2) is 46.1 Å². The Labute approximate surface area is 280 Å². The lowest BCUT2D eigenvalue weighted by Gasteiger charge is -2.26. The molecule has 4 N–H and O–H groups in total. The first kappa shape index (κ1) is 44.1. The molecule has 0 aliphatic carbocycles. The Bertz CT molecular complexity index is 625. The van der Waals surface area contributed by atoms with Gasteiger partial charge < -0.3 is 20.6 Å². The third kappa shape index (κ3) is 31.5. The van der Waals surface area contributed by atoms with E-state index < -0.39 is 18.2 Å². The molecule has 0 aliphatic rings. The molecule has 0 bridgehead atoms. The van der Waals surface area contributed by atoms with E-state index in [1.54, 1.807) is 0 Å². The van der Waals surface area contributed by atoms with Crippen molar-refractivity contribution < 1.29 is 20.1 Å². The highest BCUT2D eigenvalue weighted by Gasteiger charge is 2.26. The van der Waals surface area contributed by atoms with Gasteiger partial charge in [-0.1, -0.05) is 180 Å². The van der Waals surface area contributed by atoms with Crippen molar-refractivity contribution in [1.29, 1.82) is 0 Å². The van der Waals surface area contributed by atoms with Crippen LogP contribution in [0.2, 0.25) is 0 Å². The lowest BCUT2D eigenvalue weighted by atomic mass is 10.0. The average Bonchev–Trinajstić information content (AvgIpc) is 3.04. The fourth-order valence-corrected chi connectivity index (χ4v) is 6.22. The summed E-state index contributed by atoms with van der Waals surface area (Å²) in [6, 6.07) is -0.819. The first-order chi connectivity index (χ1) is 22.1. The first-order valence-electron chi connectivity index (χ1n) is 20.0. The van der Waals surface area contributed by atoms with Gasteiger partial charge in [-0.25, -0.2) is 0 Å². The van der Waals surface area contributed by atoms with Crippen LogP contribution < -0.4 is 5.32 Å². The fraction of sp³-hybridized carbons (Fsp3) is 0.925. The topological polar surface area (TPSA) is 89.8 Å². The van der Waals surface area contributed by atoms with Crippen molar-refractivity contribution in [3.05, 3.63) is 12.2 Å². The van der Waals surface area contributed by atoms with Crippen LogP contribution in [0.25, 0.3) is 0 Å². The van der Waals surface area contributed by atoms with Crippen molar-refractivity contribution in [3.63, 3.8) is 0 Å². The smallest absolute Gasteiger partial charge is 0.220 e. The zero-order valence-electron chi connectivity index (χ0n) is 30.3. The predicted molar refractivity (Wildman–Crippen MR) is 195 cm³/mol. The highest BCUT2D eigenvalue weighted by atomic mass is 16.3.